The molecule has 0 saturated carbocycles. The molecule has 1 aromatic rings. The van der Waals surface area contributed by atoms with Gasteiger partial charge in [0.15, 0.2) is 0 Å². The highest BCUT2D eigenvalue weighted by atomic mass is 16.7. The van der Waals surface area contributed by atoms with Crippen molar-refractivity contribution in [3.63, 3.8) is 0 Å². The highest BCUT2D eigenvalue weighted by Crippen LogP contribution is 2.23. The van der Waals surface area contributed by atoms with Gasteiger partial charge in [-0.25, -0.2) is 0 Å². The van der Waals surface area contributed by atoms with Crippen LogP contribution in [0.25, 0.3) is 0 Å². The van der Waals surface area contributed by atoms with Crippen LogP contribution in [0, 0.1) is 0 Å². The molecule has 8 nitrogen and oxygen atoms in total. The fraction of sp³-hybridized carbons (Fsp3) is 0.533. The number of rotatable bonds is 8. The molecular formula is C15H23BNO7-. The Morgan fingerprint density at radius 1 is 1.38 bits per heavy atom. The van der Waals surface area contributed by atoms with Crippen LogP contribution < -0.4 is 5.32 Å². The Balaban J connectivity index is 1.89. The van der Waals surface area contributed by atoms with E-state index in [0.717, 1.165) is 5.56 Å². The SMILES string of the molecule is C[C@H](OCc1ccccc1)[B-]1(O)OCC(CO)(NCC(=O)O)CO1. The van der Waals surface area contributed by atoms with E-state index in [1.54, 1.807) is 6.92 Å². The molecule has 1 saturated heterocycles. The number of hydrogen-bond acceptors (Lipinski definition) is 7. The normalized spacial score (nSPS) is 28.5. The minimum Gasteiger partial charge on any atom is -0.558 e. The van der Waals surface area contributed by atoms with E-state index in [9.17, 15) is 14.9 Å². The highest BCUT2D eigenvalue weighted by molar-refractivity contribution is 6.60. The summed E-state index contributed by atoms with van der Waals surface area (Å²) >= 11 is 0. The van der Waals surface area contributed by atoms with Crippen LogP contribution in [0.15, 0.2) is 30.3 Å². The molecule has 0 radical (unpaired) electrons. The van der Waals surface area contributed by atoms with Gasteiger partial charge in [-0.05, 0) is 5.56 Å². The van der Waals surface area contributed by atoms with E-state index in [1.165, 1.54) is 0 Å². The van der Waals surface area contributed by atoms with Crippen molar-refractivity contribution in [2.45, 2.75) is 25.1 Å². The zero-order valence-electron chi connectivity index (χ0n) is 13.6. The molecule has 1 aromatic carbocycles. The minimum atomic E-state index is -2.69. The third-order valence-corrected chi connectivity index (χ3v) is 4.06. The van der Waals surface area contributed by atoms with Crippen LogP contribution in [0.2, 0.25) is 0 Å². The number of carboxylic acids is 1. The molecule has 24 heavy (non-hydrogen) atoms. The largest absolute Gasteiger partial charge is 0.558 e. The summed E-state index contributed by atoms with van der Waals surface area (Å²) < 4.78 is 16.4. The summed E-state index contributed by atoms with van der Waals surface area (Å²) in [5.41, 5.74) is -0.113. The second-order valence-corrected chi connectivity index (χ2v) is 6.04. The van der Waals surface area contributed by atoms with Gasteiger partial charge in [0.1, 0.15) is 0 Å². The number of hydrogen-bond donors (Lipinski definition) is 4. The smallest absolute Gasteiger partial charge is 0.404 e. The molecule has 1 aliphatic heterocycles. The van der Waals surface area contributed by atoms with Crippen LogP contribution in [-0.4, -0.2) is 65.9 Å². The number of nitrogens with one attached hydrogen (secondary N) is 1. The summed E-state index contributed by atoms with van der Waals surface area (Å²) in [6.07, 6.45) is 0. The van der Waals surface area contributed by atoms with Crippen molar-refractivity contribution in [3.05, 3.63) is 35.9 Å². The van der Waals surface area contributed by atoms with E-state index in [1.807, 2.05) is 30.3 Å². The van der Waals surface area contributed by atoms with Gasteiger partial charge in [-0.2, -0.15) is 0 Å². The second-order valence-electron chi connectivity index (χ2n) is 6.04. The summed E-state index contributed by atoms with van der Waals surface area (Å²) in [5, 5.41) is 31.4. The summed E-state index contributed by atoms with van der Waals surface area (Å²) in [6.45, 7) is -1.67. The number of aliphatic hydroxyl groups excluding tert-OH is 1. The van der Waals surface area contributed by atoms with E-state index in [-0.39, 0.29) is 26.4 Å². The van der Waals surface area contributed by atoms with Crippen LogP contribution >= 0.6 is 0 Å². The summed E-state index contributed by atoms with van der Waals surface area (Å²) in [4.78, 5) is 10.7. The quantitative estimate of drug-likeness (QED) is 0.469. The Morgan fingerprint density at radius 2 is 2.00 bits per heavy atom. The summed E-state index contributed by atoms with van der Waals surface area (Å²) in [5.74, 6) is -1.06. The summed E-state index contributed by atoms with van der Waals surface area (Å²) in [7, 11) is 0. The maximum atomic E-state index is 10.7. The fourth-order valence-corrected chi connectivity index (χ4v) is 2.35. The van der Waals surface area contributed by atoms with Crippen LogP contribution in [-0.2, 0) is 25.4 Å². The fourth-order valence-electron chi connectivity index (χ4n) is 2.35. The molecule has 4 N–H and O–H groups in total. The molecule has 2 rings (SSSR count). The van der Waals surface area contributed by atoms with Gasteiger partial charge in [-0.1, -0.05) is 37.3 Å². The average Bonchev–Trinajstić information content (AvgIpc) is 2.60. The third-order valence-electron chi connectivity index (χ3n) is 4.06. The molecule has 9 heteroatoms. The van der Waals surface area contributed by atoms with Crippen molar-refractivity contribution in [1.82, 2.24) is 5.32 Å². The molecular weight excluding hydrogens is 317 g/mol. The maximum Gasteiger partial charge on any atom is 0.404 e. The molecule has 0 bridgehead atoms. The van der Waals surface area contributed by atoms with Crippen molar-refractivity contribution in [1.29, 1.82) is 0 Å². The Hall–Kier alpha value is -1.49. The third kappa shape index (κ3) is 4.76. The lowest BCUT2D eigenvalue weighted by Gasteiger charge is -2.51. The van der Waals surface area contributed by atoms with Crippen molar-refractivity contribution >= 4 is 12.7 Å². The van der Waals surface area contributed by atoms with Gasteiger partial charge in [0.05, 0.1) is 25.3 Å². The standard InChI is InChI=1S/C15H23BNO7/c1-12(22-8-13-5-3-2-4-6-13)16(21)23-10-15(9-18,11-24-16)17-7-14(19)20/h2-6,12,17-18,21H,7-11H2,1H3,(H,19,20)/q-1/t12-,15?,16?/m0/s1. The Morgan fingerprint density at radius 3 is 2.54 bits per heavy atom. The van der Waals surface area contributed by atoms with Gasteiger partial charge in [-0.15, -0.1) is 0 Å². The first kappa shape index (κ1) is 18.8. The molecule has 1 atom stereocenters. The topological polar surface area (TPSA) is 117 Å². The van der Waals surface area contributed by atoms with Crippen molar-refractivity contribution in [3.8, 4) is 0 Å². The number of aliphatic hydroxyl groups is 1. The van der Waals surface area contributed by atoms with E-state index in [0.29, 0.717) is 6.61 Å². The molecule has 0 spiro atoms. The molecule has 1 aliphatic rings. The maximum absolute atomic E-state index is 10.7. The van der Waals surface area contributed by atoms with Gasteiger partial charge in [0.2, 0.25) is 0 Å². The lowest BCUT2D eigenvalue weighted by atomic mass is 9.70. The second kappa shape index (κ2) is 8.06. The molecule has 0 unspecified atom stereocenters. The van der Waals surface area contributed by atoms with Crippen LogP contribution in [0.3, 0.4) is 0 Å². The lowest BCUT2D eigenvalue weighted by Crippen LogP contribution is -2.68. The van der Waals surface area contributed by atoms with Gasteiger partial charge < -0.3 is 29.3 Å². The highest BCUT2D eigenvalue weighted by Gasteiger charge is 2.43. The number of ether oxygens (including phenoxy) is 1. The van der Waals surface area contributed by atoms with Gasteiger partial charge in [-0.3, -0.25) is 10.1 Å². The molecule has 0 amide bonds. The van der Waals surface area contributed by atoms with Gasteiger partial charge in [0.25, 0.3) is 0 Å². The van der Waals surface area contributed by atoms with E-state index in [2.05, 4.69) is 5.32 Å². The molecule has 0 aromatic heterocycles. The predicted octanol–water partition coefficient (Wildman–Crippen LogP) is -0.486. The van der Waals surface area contributed by atoms with E-state index >= 15 is 0 Å². The first-order valence-electron chi connectivity index (χ1n) is 7.77. The number of benzene rings is 1. The number of carbonyl (C=O) groups is 1. The minimum absolute atomic E-state index is 0.0910. The first-order valence-corrected chi connectivity index (χ1v) is 7.77. The summed E-state index contributed by atoms with van der Waals surface area (Å²) in [6, 6.07) is 8.76. The number of carboxylic acid groups (broad SMARTS) is 1. The van der Waals surface area contributed by atoms with Crippen LogP contribution in [0.5, 0.6) is 0 Å². The monoisotopic (exact) mass is 340 g/mol. The van der Waals surface area contributed by atoms with Crippen LogP contribution in [0.1, 0.15) is 12.5 Å². The van der Waals surface area contributed by atoms with Crippen LogP contribution in [0.4, 0.5) is 0 Å². The zero-order chi connectivity index (χ0) is 17.6. The average molecular weight is 340 g/mol. The van der Waals surface area contributed by atoms with Gasteiger partial charge in [0, 0.05) is 19.2 Å². The van der Waals surface area contributed by atoms with Gasteiger partial charge >= 0.3 is 12.7 Å². The Kier molecular flexibility index (Phi) is 6.33. The Bertz CT molecular complexity index is 534. The predicted molar refractivity (Wildman–Crippen MR) is 86.0 cm³/mol. The van der Waals surface area contributed by atoms with Crippen molar-refractivity contribution in [2.24, 2.45) is 0 Å². The molecule has 1 fully saturated rings. The molecule has 134 valence electrons. The molecule has 1 heterocycles. The number of aliphatic carboxylic acids is 1. The lowest BCUT2D eigenvalue weighted by molar-refractivity contribution is -0.137. The zero-order valence-corrected chi connectivity index (χ0v) is 13.6. The molecule has 0 aliphatic carbocycles. The van der Waals surface area contributed by atoms with Crippen molar-refractivity contribution in [2.75, 3.05) is 26.4 Å². The first-order chi connectivity index (χ1) is 11.4. The van der Waals surface area contributed by atoms with Crippen molar-refractivity contribution < 1.29 is 34.1 Å². The van der Waals surface area contributed by atoms with E-state index < -0.39 is 24.3 Å². The Labute approximate surface area is 140 Å². The van der Waals surface area contributed by atoms with E-state index in [4.69, 9.17) is 19.2 Å².